The SMILES string of the molecule is CC(CC(=O)O)CC(=O)NC(=O)N1CCN(C)C(C)(C)C1. The minimum absolute atomic E-state index is 0.0369. The number of likely N-dealkylation sites (N-methyl/N-ethyl adjacent to an activating group) is 1. The molecule has 1 fully saturated rings. The highest BCUT2D eigenvalue weighted by Gasteiger charge is 2.33. The maximum atomic E-state index is 12.1. The number of carboxylic acid groups (broad SMARTS) is 1. The summed E-state index contributed by atoms with van der Waals surface area (Å²) in [4.78, 5) is 38.2. The summed E-state index contributed by atoms with van der Waals surface area (Å²) in [6.45, 7) is 7.64. The second kappa shape index (κ2) is 6.89. The van der Waals surface area contributed by atoms with Gasteiger partial charge in [-0.15, -0.1) is 0 Å². The third-order valence-electron chi connectivity index (χ3n) is 3.91. The van der Waals surface area contributed by atoms with Crippen LogP contribution in [0.25, 0.3) is 0 Å². The van der Waals surface area contributed by atoms with E-state index in [0.29, 0.717) is 13.1 Å². The average molecular weight is 299 g/mol. The van der Waals surface area contributed by atoms with Crippen LogP contribution in [-0.4, -0.2) is 65.0 Å². The number of nitrogens with one attached hydrogen (secondary N) is 1. The highest BCUT2D eigenvalue weighted by molar-refractivity contribution is 5.94. The first kappa shape index (κ1) is 17.4. The van der Waals surface area contributed by atoms with Gasteiger partial charge in [0.1, 0.15) is 0 Å². The lowest BCUT2D eigenvalue weighted by Crippen LogP contribution is -2.60. The van der Waals surface area contributed by atoms with Gasteiger partial charge in [0, 0.05) is 38.0 Å². The number of carbonyl (C=O) groups excluding carboxylic acids is 2. The number of imide groups is 1. The van der Waals surface area contributed by atoms with Gasteiger partial charge in [0.25, 0.3) is 0 Å². The number of amides is 3. The predicted molar refractivity (Wildman–Crippen MR) is 77.9 cm³/mol. The fourth-order valence-corrected chi connectivity index (χ4v) is 2.35. The minimum atomic E-state index is -0.942. The monoisotopic (exact) mass is 299 g/mol. The van der Waals surface area contributed by atoms with Crippen LogP contribution in [0.15, 0.2) is 0 Å². The molecule has 21 heavy (non-hydrogen) atoms. The molecule has 1 rings (SSSR count). The highest BCUT2D eigenvalue weighted by atomic mass is 16.4. The number of carbonyl (C=O) groups is 3. The summed E-state index contributed by atoms with van der Waals surface area (Å²) in [6.07, 6.45) is -0.0433. The molecule has 0 aromatic heterocycles. The number of piperazine rings is 1. The lowest BCUT2D eigenvalue weighted by atomic mass is 10.00. The van der Waals surface area contributed by atoms with Gasteiger partial charge in [0.05, 0.1) is 0 Å². The molecule has 0 bridgehead atoms. The lowest BCUT2D eigenvalue weighted by Gasteiger charge is -2.45. The molecule has 1 aliphatic heterocycles. The van der Waals surface area contributed by atoms with Crippen LogP contribution in [0.4, 0.5) is 4.79 Å². The Morgan fingerprint density at radius 2 is 1.86 bits per heavy atom. The molecule has 0 saturated carbocycles. The van der Waals surface area contributed by atoms with E-state index in [1.807, 2.05) is 20.9 Å². The van der Waals surface area contributed by atoms with Crippen LogP contribution in [0.3, 0.4) is 0 Å². The minimum Gasteiger partial charge on any atom is -0.481 e. The van der Waals surface area contributed by atoms with Crippen molar-refractivity contribution in [2.45, 2.75) is 39.2 Å². The Labute approximate surface area is 125 Å². The van der Waals surface area contributed by atoms with Crippen molar-refractivity contribution in [3.63, 3.8) is 0 Å². The third kappa shape index (κ3) is 5.34. The maximum Gasteiger partial charge on any atom is 0.324 e. The average Bonchev–Trinajstić information content (AvgIpc) is 2.30. The summed E-state index contributed by atoms with van der Waals surface area (Å²) in [5.74, 6) is -1.66. The topological polar surface area (TPSA) is 89.9 Å². The molecule has 3 amide bonds. The van der Waals surface area contributed by atoms with E-state index in [1.54, 1.807) is 11.8 Å². The molecule has 2 N–H and O–H groups in total. The van der Waals surface area contributed by atoms with E-state index in [0.717, 1.165) is 6.54 Å². The van der Waals surface area contributed by atoms with Crippen molar-refractivity contribution in [3.05, 3.63) is 0 Å². The summed E-state index contributed by atoms with van der Waals surface area (Å²) in [5.41, 5.74) is -0.130. The molecular weight excluding hydrogens is 274 g/mol. The molecule has 1 saturated heterocycles. The van der Waals surface area contributed by atoms with Crippen molar-refractivity contribution < 1.29 is 19.5 Å². The molecule has 1 heterocycles. The van der Waals surface area contributed by atoms with Gasteiger partial charge in [-0.2, -0.15) is 0 Å². The smallest absolute Gasteiger partial charge is 0.324 e. The quantitative estimate of drug-likeness (QED) is 0.799. The number of rotatable bonds is 4. The first-order valence-electron chi connectivity index (χ1n) is 7.13. The molecule has 0 aliphatic carbocycles. The van der Waals surface area contributed by atoms with Crippen molar-refractivity contribution in [3.8, 4) is 0 Å². The first-order chi connectivity index (χ1) is 9.61. The van der Waals surface area contributed by atoms with E-state index in [4.69, 9.17) is 5.11 Å². The van der Waals surface area contributed by atoms with Gasteiger partial charge in [-0.05, 0) is 26.8 Å². The van der Waals surface area contributed by atoms with E-state index in [9.17, 15) is 14.4 Å². The van der Waals surface area contributed by atoms with Crippen LogP contribution in [0.5, 0.6) is 0 Å². The number of hydrogen-bond donors (Lipinski definition) is 2. The Hall–Kier alpha value is -1.63. The third-order valence-corrected chi connectivity index (χ3v) is 3.91. The molecule has 0 aromatic rings. The number of urea groups is 1. The molecular formula is C14H25N3O4. The summed E-state index contributed by atoms with van der Waals surface area (Å²) < 4.78 is 0. The van der Waals surface area contributed by atoms with Crippen molar-refractivity contribution in [2.24, 2.45) is 5.92 Å². The Bertz CT molecular complexity index is 422. The zero-order valence-corrected chi connectivity index (χ0v) is 13.2. The Kier molecular flexibility index (Phi) is 5.71. The number of hydrogen-bond acceptors (Lipinski definition) is 4. The Morgan fingerprint density at radius 3 is 2.38 bits per heavy atom. The molecule has 120 valence electrons. The predicted octanol–water partition coefficient (Wildman–Crippen LogP) is 0.750. The van der Waals surface area contributed by atoms with Gasteiger partial charge in [-0.25, -0.2) is 4.79 Å². The van der Waals surface area contributed by atoms with E-state index in [2.05, 4.69) is 10.2 Å². The van der Waals surface area contributed by atoms with Gasteiger partial charge >= 0.3 is 12.0 Å². The Morgan fingerprint density at radius 1 is 1.24 bits per heavy atom. The van der Waals surface area contributed by atoms with Crippen LogP contribution >= 0.6 is 0 Å². The molecule has 0 spiro atoms. The zero-order valence-electron chi connectivity index (χ0n) is 13.2. The van der Waals surface area contributed by atoms with E-state index in [-0.39, 0.29) is 24.3 Å². The second-order valence-electron chi connectivity index (χ2n) is 6.42. The molecule has 1 atom stereocenters. The van der Waals surface area contributed by atoms with Gasteiger partial charge in [0.15, 0.2) is 0 Å². The lowest BCUT2D eigenvalue weighted by molar-refractivity contribution is -0.138. The fraction of sp³-hybridized carbons (Fsp3) is 0.786. The van der Waals surface area contributed by atoms with Crippen molar-refractivity contribution in [2.75, 3.05) is 26.7 Å². The van der Waals surface area contributed by atoms with Crippen LogP contribution < -0.4 is 5.32 Å². The molecule has 1 aliphatic rings. The van der Waals surface area contributed by atoms with E-state index < -0.39 is 17.9 Å². The number of nitrogens with zero attached hydrogens (tertiary/aromatic N) is 2. The van der Waals surface area contributed by atoms with Crippen LogP contribution in [0.1, 0.15) is 33.6 Å². The summed E-state index contributed by atoms with van der Waals surface area (Å²) >= 11 is 0. The standard InChI is InChI=1S/C14H25N3O4/c1-10(8-12(19)20)7-11(18)15-13(21)17-6-5-16(4)14(2,3)9-17/h10H,5-9H2,1-4H3,(H,19,20)(H,15,18,21). The summed E-state index contributed by atoms with van der Waals surface area (Å²) in [5, 5.41) is 11.0. The molecule has 0 aromatic carbocycles. The number of aliphatic carboxylic acids is 1. The summed E-state index contributed by atoms with van der Waals surface area (Å²) in [7, 11) is 2.01. The molecule has 1 unspecified atom stereocenters. The van der Waals surface area contributed by atoms with Gasteiger partial charge < -0.3 is 10.0 Å². The molecule has 7 heteroatoms. The number of carboxylic acids is 1. The second-order valence-corrected chi connectivity index (χ2v) is 6.42. The maximum absolute atomic E-state index is 12.1. The summed E-state index contributed by atoms with van der Waals surface area (Å²) in [6, 6.07) is -0.399. The van der Waals surface area contributed by atoms with Crippen molar-refractivity contribution in [1.29, 1.82) is 0 Å². The first-order valence-corrected chi connectivity index (χ1v) is 7.13. The van der Waals surface area contributed by atoms with Crippen LogP contribution in [0.2, 0.25) is 0 Å². The van der Waals surface area contributed by atoms with Gasteiger partial charge in [0.2, 0.25) is 5.91 Å². The van der Waals surface area contributed by atoms with Crippen molar-refractivity contribution in [1.82, 2.24) is 15.1 Å². The fourth-order valence-electron chi connectivity index (χ4n) is 2.35. The van der Waals surface area contributed by atoms with Gasteiger partial charge in [-0.1, -0.05) is 6.92 Å². The van der Waals surface area contributed by atoms with E-state index >= 15 is 0 Å². The zero-order chi connectivity index (χ0) is 16.2. The van der Waals surface area contributed by atoms with Gasteiger partial charge in [-0.3, -0.25) is 19.8 Å². The largest absolute Gasteiger partial charge is 0.481 e. The Balaban J connectivity index is 2.46. The normalized spacial score (nSPS) is 19.9. The van der Waals surface area contributed by atoms with Crippen LogP contribution in [-0.2, 0) is 9.59 Å². The molecule has 7 nitrogen and oxygen atoms in total. The van der Waals surface area contributed by atoms with E-state index in [1.165, 1.54) is 0 Å². The van der Waals surface area contributed by atoms with Crippen LogP contribution in [0, 0.1) is 5.92 Å². The van der Waals surface area contributed by atoms with Crippen molar-refractivity contribution >= 4 is 17.9 Å². The molecule has 0 radical (unpaired) electrons. The highest BCUT2D eigenvalue weighted by Crippen LogP contribution is 2.18.